The first-order valence-corrected chi connectivity index (χ1v) is 7.33. The number of carbonyl (C=O) groups excluding carboxylic acids is 1. The molecule has 0 bridgehead atoms. The van der Waals surface area contributed by atoms with Gasteiger partial charge in [0.05, 0.1) is 5.56 Å². The van der Waals surface area contributed by atoms with Crippen molar-refractivity contribution in [2.24, 2.45) is 5.92 Å². The SMILES string of the molecule is O=C1CC(CBr)CN1c1cc(C(F)(F)F)c(Br)cn1. The van der Waals surface area contributed by atoms with Crippen LogP contribution in [0.25, 0.3) is 0 Å². The average molecular weight is 402 g/mol. The van der Waals surface area contributed by atoms with Crippen LogP contribution in [0.4, 0.5) is 19.0 Å². The summed E-state index contributed by atoms with van der Waals surface area (Å²) in [6.07, 6.45) is -3.08. The topological polar surface area (TPSA) is 33.2 Å². The molecule has 1 aromatic rings. The van der Waals surface area contributed by atoms with Crippen LogP contribution in [-0.4, -0.2) is 22.8 Å². The lowest BCUT2D eigenvalue weighted by molar-refractivity contribution is -0.138. The first-order chi connectivity index (χ1) is 8.82. The highest BCUT2D eigenvalue weighted by molar-refractivity contribution is 9.10. The molecule has 1 atom stereocenters. The molecule has 2 rings (SSSR count). The number of alkyl halides is 4. The minimum Gasteiger partial charge on any atom is -0.296 e. The monoisotopic (exact) mass is 400 g/mol. The Morgan fingerprint density at radius 3 is 2.68 bits per heavy atom. The van der Waals surface area contributed by atoms with Gasteiger partial charge in [-0.2, -0.15) is 13.2 Å². The van der Waals surface area contributed by atoms with Crippen molar-refractivity contribution in [3.8, 4) is 0 Å². The molecule has 0 saturated carbocycles. The molecule has 0 aliphatic carbocycles. The standard InChI is InChI=1S/C11H9Br2F3N2O/c12-3-6-1-10(19)18(5-6)9-2-7(11(14,15)16)8(13)4-17-9/h2,4,6H,1,3,5H2. The Labute approximate surface area is 124 Å². The molecule has 1 aliphatic heterocycles. The van der Waals surface area contributed by atoms with Crippen molar-refractivity contribution < 1.29 is 18.0 Å². The Hall–Kier alpha value is -0.630. The number of rotatable bonds is 2. The maximum atomic E-state index is 12.8. The molecule has 1 saturated heterocycles. The quantitative estimate of drug-likeness (QED) is 0.709. The fraction of sp³-hybridized carbons (Fsp3) is 0.455. The van der Waals surface area contributed by atoms with E-state index in [4.69, 9.17) is 0 Å². The predicted octanol–water partition coefficient (Wildman–Crippen LogP) is 3.61. The number of halogens is 5. The normalized spacial score (nSPS) is 20.2. The summed E-state index contributed by atoms with van der Waals surface area (Å²) in [5, 5.41) is 0.637. The zero-order valence-electron chi connectivity index (χ0n) is 9.55. The summed E-state index contributed by atoms with van der Waals surface area (Å²) in [6, 6.07) is 0.901. The van der Waals surface area contributed by atoms with E-state index in [1.165, 1.54) is 4.90 Å². The highest BCUT2D eigenvalue weighted by Gasteiger charge is 2.36. The molecule has 0 N–H and O–H groups in total. The van der Waals surface area contributed by atoms with Gasteiger partial charge in [-0.1, -0.05) is 15.9 Å². The van der Waals surface area contributed by atoms with E-state index in [0.717, 1.165) is 12.3 Å². The Balaban J connectivity index is 2.34. The molecule has 104 valence electrons. The zero-order chi connectivity index (χ0) is 14.2. The Morgan fingerprint density at radius 1 is 1.47 bits per heavy atom. The van der Waals surface area contributed by atoms with Gasteiger partial charge in [0, 0.05) is 29.0 Å². The first-order valence-electron chi connectivity index (χ1n) is 5.42. The Bertz CT molecular complexity index is 507. The average Bonchev–Trinajstić information content (AvgIpc) is 2.70. The third kappa shape index (κ3) is 3.10. The van der Waals surface area contributed by atoms with E-state index in [9.17, 15) is 18.0 Å². The second-order valence-corrected chi connectivity index (χ2v) is 5.75. The second kappa shape index (κ2) is 5.40. The van der Waals surface area contributed by atoms with E-state index in [1.54, 1.807) is 0 Å². The van der Waals surface area contributed by atoms with Crippen LogP contribution in [0.3, 0.4) is 0 Å². The Kier molecular flexibility index (Phi) is 4.20. The summed E-state index contributed by atoms with van der Waals surface area (Å²) in [7, 11) is 0. The van der Waals surface area contributed by atoms with Crippen LogP contribution in [0.5, 0.6) is 0 Å². The number of nitrogens with zero attached hydrogens (tertiary/aromatic N) is 2. The highest BCUT2D eigenvalue weighted by Crippen LogP contribution is 2.37. The number of amides is 1. The lowest BCUT2D eigenvalue weighted by Gasteiger charge is -2.17. The van der Waals surface area contributed by atoms with Crippen molar-refractivity contribution in [1.29, 1.82) is 0 Å². The molecule has 0 spiro atoms. The number of hydrogen-bond acceptors (Lipinski definition) is 2. The van der Waals surface area contributed by atoms with Gasteiger partial charge in [0.25, 0.3) is 0 Å². The van der Waals surface area contributed by atoms with Gasteiger partial charge in [-0.25, -0.2) is 4.98 Å². The molecule has 19 heavy (non-hydrogen) atoms. The molecule has 0 aromatic carbocycles. The first kappa shape index (κ1) is 14.8. The fourth-order valence-corrected chi connectivity index (χ4v) is 2.77. The van der Waals surface area contributed by atoms with Gasteiger partial charge < -0.3 is 0 Å². The van der Waals surface area contributed by atoms with Gasteiger partial charge in [0.1, 0.15) is 5.82 Å². The number of anilines is 1. The minimum absolute atomic E-state index is 0.0453. The van der Waals surface area contributed by atoms with E-state index in [-0.39, 0.29) is 22.1 Å². The molecule has 1 amide bonds. The smallest absolute Gasteiger partial charge is 0.296 e. The minimum atomic E-state index is -4.48. The van der Waals surface area contributed by atoms with Crippen molar-refractivity contribution >= 4 is 43.6 Å². The molecular formula is C11H9Br2F3N2O. The molecule has 1 aliphatic rings. The second-order valence-electron chi connectivity index (χ2n) is 4.25. The third-order valence-corrected chi connectivity index (χ3v) is 4.39. The van der Waals surface area contributed by atoms with Crippen LogP contribution in [0.1, 0.15) is 12.0 Å². The maximum absolute atomic E-state index is 12.8. The van der Waals surface area contributed by atoms with Gasteiger partial charge in [-0.15, -0.1) is 0 Å². The molecule has 1 fully saturated rings. The van der Waals surface area contributed by atoms with Crippen molar-refractivity contribution in [1.82, 2.24) is 4.98 Å². The fourth-order valence-electron chi connectivity index (χ4n) is 1.90. The number of carbonyl (C=O) groups is 1. The van der Waals surface area contributed by atoms with Crippen LogP contribution in [0.2, 0.25) is 0 Å². The third-order valence-electron chi connectivity index (χ3n) is 2.85. The van der Waals surface area contributed by atoms with Gasteiger partial charge in [-0.3, -0.25) is 9.69 Å². The molecule has 3 nitrogen and oxygen atoms in total. The zero-order valence-corrected chi connectivity index (χ0v) is 12.7. The van der Waals surface area contributed by atoms with Crippen molar-refractivity contribution in [3.63, 3.8) is 0 Å². The number of aromatic nitrogens is 1. The summed E-state index contributed by atoms with van der Waals surface area (Å²) >= 11 is 6.10. The van der Waals surface area contributed by atoms with Crippen LogP contribution in [0, 0.1) is 5.92 Å². The summed E-state index contributed by atoms with van der Waals surface area (Å²) in [6.45, 7) is 0.385. The van der Waals surface area contributed by atoms with Crippen molar-refractivity contribution in [3.05, 3.63) is 22.3 Å². The van der Waals surface area contributed by atoms with E-state index < -0.39 is 11.7 Å². The van der Waals surface area contributed by atoms with Crippen molar-refractivity contribution in [2.75, 3.05) is 16.8 Å². The molecule has 1 unspecified atom stereocenters. The van der Waals surface area contributed by atoms with Crippen LogP contribution in [-0.2, 0) is 11.0 Å². The summed E-state index contributed by atoms with van der Waals surface area (Å²) in [5.41, 5.74) is -0.826. The van der Waals surface area contributed by atoms with Gasteiger partial charge in [-0.05, 0) is 27.9 Å². The largest absolute Gasteiger partial charge is 0.417 e. The van der Waals surface area contributed by atoms with E-state index in [1.807, 2.05) is 0 Å². The lowest BCUT2D eigenvalue weighted by Crippen LogP contribution is -2.26. The lowest BCUT2D eigenvalue weighted by atomic mass is 10.2. The van der Waals surface area contributed by atoms with Crippen LogP contribution in [0.15, 0.2) is 16.7 Å². The van der Waals surface area contributed by atoms with E-state index in [2.05, 4.69) is 36.8 Å². The molecular weight excluding hydrogens is 393 g/mol. The predicted molar refractivity (Wildman–Crippen MR) is 71.2 cm³/mol. The van der Waals surface area contributed by atoms with E-state index in [0.29, 0.717) is 18.3 Å². The van der Waals surface area contributed by atoms with Gasteiger partial charge in [0.2, 0.25) is 5.91 Å². The van der Waals surface area contributed by atoms with Gasteiger partial charge in [0.15, 0.2) is 0 Å². The maximum Gasteiger partial charge on any atom is 0.417 e. The molecule has 0 radical (unpaired) electrons. The van der Waals surface area contributed by atoms with E-state index >= 15 is 0 Å². The van der Waals surface area contributed by atoms with Crippen LogP contribution < -0.4 is 4.90 Å². The number of pyridine rings is 1. The summed E-state index contributed by atoms with van der Waals surface area (Å²) in [5.74, 6) is -0.0522. The molecule has 2 heterocycles. The molecule has 8 heteroatoms. The van der Waals surface area contributed by atoms with Crippen molar-refractivity contribution in [2.45, 2.75) is 12.6 Å². The van der Waals surface area contributed by atoms with Crippen LogP contribution >= 0.6 is 31.9 Å². The van der Waals surface area contributed by atoms with Gasteiger partial charge >= 0.3 is 6.18 Å². The number of hydrogen-bond donors (Lipinski definition) is 0. The highest BCUT2D eigenvalue weighted by atomic mass is 79.9. The summed E-state index contributed by atoms with van der Waals surface area (Å²) in [4.78, 5) is 17.0. The Morgan fingerprint density at radius 2 is 2.16 bits per heavy atom. The molecule has 1 aromatic heterocycles. The summed E-state index contributed by atoms with van der Waals surface area (Å²) < 4.78 is 38.2.